The first-order valence-corrected chi connectivity index (χ1v) is 7.43. The Balaban J connectivity index is 2.92. The normalized spacial score (nSPS) is 14.0. The van der Waals surface area contributed by atoms with Gasteiger partial charge in [0.2, 0.25) is 5.91 Å². The molecule has 0 bridgehead atoms. The van der Waals surface area contributed by atoms with Gasteiger partial charge in [-0.2, -0.15) is 0 Å². The van der Waals surface area contributed by atoms with Gasteiger partial charge in [-0.1, -0.05) is 30.1 Å². The van der Waals surface area contributed by atoms with Gasteiger partial charge in [0.05, 0.1) is 16.4 Å². The van der Waals surface area contributed by atoms with E-state index in [-0.39, 0.29) is 16.6 Å². The van der Waals surface area contributed by atoms with E-state index in [9.17, 15) is 9.00 Å². The Morgan fingerprint density at radius 2 is 2.11 bits per heavy atom. The summed E-state index contributed by atoms with van der Waals surface area (Å²) in [4.78, 5) is 11.9. The molecule has 0 spiro atoms. The van der Waals surface area contributed by atoms with Crippen LogP contribution in [0.1, 0.15) is 13.8 Å². The van der Waals surface area contributed by atoms with Crippen LogP contribution in [0.4, 0.5) is 11.4 Å². The molecule has 0 radical (unpaired) electrons. The summed E-state index contributed by atoms with van der Waals surface area (Å²) in [5, 5.41) is 2.59. The largest absolute Gasteiger partial charge is 0.397 e. The molecule has 1 amide bonds. The first-order chi connectivity index (χ1) is 8.36. The molecule has 0 fully saturated rings. The lowest BCUT2D eigenvalue weighted by atomic mass is 10.2. The summed E-state index contributed by atoms with van der Waals surface area (Å²) >= 11 is 11.7. The van der Waals surface area contributed by atoms with Crippen LogP contribution in [0.2, 0.25) is 10.0 Å². The Labute approximate surface area is 118 Å². The Kier molecular flexibility index (Phi) is 5.44. The number of hydrogen-bond donors (Lipinski definition) is 2. The zero-order valence-corrected chi connectivity index (χ0v) is 12.3. The highest BCUT2D eigenvalue weighted by Crippen LogP contribution is 2.32. The van der Waals surface area contributed by atoms with Crippen LogP contribution in [0.5, 0.6) is 0 Å². The summed E-state index contributed by atoms with van der Waals surface area (Å²) < 4.78 is 11.5. The maximum atomic E-state index is 11.9. The number of amides is 1. The van der Waals surface area contributed by atoms with E-state index in [1.54, 1.807) is 13.8 Å². The van der Waals surface area contributed by atoms with E-state index in [4.69, 9.17) is 28.9 Å². The van der Waals surface area contributed by atoms with E-state index in [0.29, 0.717) is 16.5 Å². The van der Waals surface area contributed by atoms with Gasteiger partial charge in [0.15, 0.2) is 0 Å². The predicted octanol–water partition coefficient (Wildman–Crippen LogP) is 2.67. The third-order valence-electron chi connectivity index (χ3n) is 2.38. The number of nitrogens with two attached hydrogens (primary N) is 1. The SMILES string of the molecule is CCS(=O)C(C)C(=O)Nc1c(N)cc(Cl)cc1Cl. The Bertz CT molecular complexity index is 471. The molecule has 2 atom stereocenters. The molecular weight excluding hydrogens is 295 g/mol. The maximum absolute atomic E-state index is 11.9. The molecule has 7 heteroatoms. The molecule has 0 aromatic heterocycles. The maximum Gasteiger partial charge on any atom is 0.239 e. The number of hydrogen-bond acceptors (Lipinski definition) is 3. The molecule has 18 heavy (non-hydrogen) atoms. The van der Waals surface area contributed by atoms with Gasteiger partial charge in [-0.25, -0.2) is 0 Å². The Morgan fingerprint density at radius 1 is 1.50 bits per heavy atom. The highest BCUT2D eigenvalue weighted by Gasteiger charge is 2.20. The summed E-state index contributed by atoms with van der Waals surface area (Å²) in [6.07, 6.45) is 0. The second-order valence-corrected chi connectivity index (χ2v) is 6.54. The van der Waals surface area contributed by atoms with Gasteiger partial charge in [-0.3, -0.25) is 9.00 Å². The minimum atomic E-state index is -1.22. The van der Waals surface area contributed by atoms with Crippen LogP contribution < -0.4 is 11.1 Å². The summed E-state index contributed by atoms with van der Waals surface area (Å²) in [5.41, 5.74) is 6.29. The zero-order valence-electron chi connectivity index (χ0n) is 10.00. The lowest BCUT2D eigenvalue weighted by Crippen LogP contribution is -2.30. The number of carbonyl (C=O) groups is 1. The molecule has 0 aliphatic heterocycles. The predicted molar refractivity (Wildman–Crippen MR) is 77.6 cm³/mol. The molecule has 1 rings (SSSR count). The van der Waals surface area contributed by atoms with Crippen molar-refractivity contribution in [1.29, 1.82) is 0 Å². The molecule has 1 aromatic carbocycles. The van der Waals surface area contributed by atoms with Crippen molar-refractivity contribution in [3.05, 3.63) is 22.2 Å². The number of nitrogen functional groups attached to an aromatic ring is 1. The molecule has 0 saturated carbocycles. The minimum Gasteiger partial charge on any atom is -0.397 e. The molecule has 0 heterocycles. The monoisotopic (exact) mass is 308 g/mol. The number of nitrogens with one attached hydrogen (secondary N) is 1. The van der Waals surface area contributed by atoms with Crippen LogP contribution in [0.25, 0.3) is 0 Å². The number of rotatable bonds is 4. The van der Waals surface area contributed by atoms with E-state index >= 15 is 0 Å². The lowest BCUT2D eigenvalue weighted by Gasteiger charge is -2.14. The minimum absolute atomic E-state index is 0.253. The number of benzene rings is 1. The average molecular weight is 309 g/mol. The molecule has 0 aliphatic carbocycles. The van der Waals surface area contributed by atoms with Crippen LogP contribution >= 0.6 is 23.2 Å². The third-order valence-corrected chi connectivity index (χ3v) is 4.47. The number of halogens is 2. The molecule has 0 saturated heterocycles. The van der Waals surface area contributed by atoms with E-state index in [2.05, 4.69) is 5.32 Å². The molecule has 4 nitrogen and oxygen atoms in total. The highest BCUT2D eigenvalue weighted by atomic mass is 35.5. The first kappa shape index (κ1) is 15.3. The van der Waals surface area contributed by atoms with Crippen molar-refractivity contribution in [2.45, 2.75) is 19.1 Å². The van der Waals surface area contributed by atoms with Crippen molar-refractivity contribution in [2.24, 2.45) is 0 Å². The third kappa shape index (κ3) is 3.60. The summed E-state index contributed by atoms with van der Waals surface area (Å²) in [6, 6.07) is 2.97. The van der Waals surface area contributed by atoms with Crippen molar-refractivity contribution in [3.8, 4) is 0 Å². The molecule has 3 N–H and O–H groups in total. The van der Waals surface area contributed by atoms with Crippen molar-refractivity contribution in [2.75, 3.05) is 16.8 Å². The quantitative estimate of drug-likeness (QED) is 0.840. The topological polar surface area (TPSA) is 72.2 Å². The van der Waals surface area contributed by atoms with Crippen LogP contribution in [0.15, 0.2) is 12.1 Å². The molecule has 100 valence electrons. The van der Waals surface area contributed by atoms with Gasteiger partial charge >= 0.3 is 0 Å². The van der Waals surface area contributed by atoms with Crippen LogP contribution in [-0.4, -0.2) is 21.1 Å². The number of carbonyl (C=O) groups excluding carboxylic acids is 1. The molecule has 0 aliphatic rings. The fourth-order valence-electron chi connectivity index (χ4n) is 1.32. The van der Waals surface area contributed by atoms with Gasteiger partial charge in [-0.15, -0.1) is 0 Å². The summed E-state index contributed by atoms with van der Waals surface area (Å²) in [6.45, 7) is 3.35. The van der Waals surface area contributed by atoms with E-state index in [1.807, 2.05) is 0 Å². The second kappa shape index (κ2) is 6.41. The van der Waals surface area contributed by atoms with Crippen molar-refractivity contribution in [1.82, 2.24) is 0 Å². The summed E-state index contributed by atoms with van der Waals surface area (Å²) in [7, 11) is -1.22. The van der Waals surface area contributed by atoms with Gasteiger partial charge in [0.1, 0.15) is 5.25 Å². The van der Waals surface area contributed by atoms with Crippen molar-refractivity contribution < 1.29 is 9.00 Å². The standard InChI is InChI=1S/C11H14Cl2N2O2S/c1-3-18(17)6(2)11(16)15-10-8(13)4-7(12)5-9(10)14/h4-6H,3,14H2,1-2H3,(H,15,16). The van der Waals surface area contributed by atoms with Crippen LogP contribution in [-0.2, 0) is 15.6 Å². The van der Waals surface area contributed by atoms with Gasteiger partial charge in [0.25, 0.3) is 0 Å². The number of anilines is 2. The van der Waals surface area contributed by atoms with Crippen molar-refractivity contribution >= 4 is 51.3 Å². The fourth-order valence-corrected chi connectivity index (χ4v) is 2.67. The lowest BCUT2D eigenvalue weighted by molar-refractivity contribution is -0.115. The highest BCUT2D eigenvalue weighted by molar-refractivity contribution is 7.86. The van der Waals surface area contributed by atoms with Gasteiger partial charge in [0, 0.05) is 21.6 Å². The van der Waals surface area contributed by atoms with Gasteiger partial charge < -0.3 is 11.1 Å². The van der Waals surface area contributed by atoms with Crippen molar-refractivity contribution in [3.63, 3.8) is 0 Å². The van der Waals surface area contributed by atoms with Crippen LogP contribution in [0, 0.1) is 0 Å². The Hall–Kier alpha value is -0.780. The zero-order chi connectivity index (χ0) is 13.9. The van der Waals surface area contributed by atoms with E-state index in [1.165, 1.54) is 12.1 Å². The fraction of sp³-hybridized carbons (Fsp3) is 0.364. The molecule has 1 aromatic rings. The first-order valence-electron chi connectivity index (χ1n) is 5.29. The smallest absolute Gasteiger partial charge is 0.239 e. The van der Waals surface area contributed by atoms with Crippen LogP contribution in [0.3, 0.4) is 0 Å². The Morgan fingerprint density at radius 3 is 2.61 bits per heavy atom. The van der Waals surface area contributed by atoms with E-state index in [0.717, 1.165) is 0 Å². The summed E-state index contributed by atoms with van der Waals surface area (Å²) in [5.74, 6) is 0.0319. The molecule has 2 unspecified atom stereocenters. The molecular formula is C11H14Cl2N2O2S. The second-order valence-electron chi connectivity index (χ2n) is 3.65. The average Bonchev–Trinajstić information content (AvgIpc) is 2.31. The van der Waals surface area contributed by atoms with E-state index < -0.39 is 16.0 Å². The van der Waals surface area contributed by atoms with Gasteiger partial charge in [-0.05, 0) is 19.1 Å².